The van der Waals surface area contributed by atoms with E-state index < -0.39 is 21.8 Å². The first-order valence-corrected chi connectivity index (χ1v) is 10.5. The maximum atomic E-state index is 12.1. The van der Waals surface area contributed by atoms with Gasteiger partial charge in [0.1, 0.15) is 5.75 Å². The topological polar surface area (TPSA) is 114 Å². The van der Waals surface area contributed by atoms with Crippen LogP contribution >= 0.6 is 11.6 Å². The van der Waals surface area contributed by atoms with Gasteiger partial charge in [-0.15, -0.1) is 0 Å². The van der Waals surface area contributed by atoms with Crippen molar-refractivity contribution >= 4 is 33.4 Å². The van der Waals surface area contributed by atoms with Gasteiger partial charge in [-0.2, -0.15) is 0 Å². The Kier molecular flexibility index (Phi) is 7.60. The molecule has 0 aliphatic heterocycles. The van der Waals surface area contributed by atoms with Gasteiger partial charge in [-0.1, -0.05) is 11.6 Å². The summed E-state index contributed by atoms with van der Waals surface area (Å²) < 4.78 is 31.9. The largest absolute Gasteiger partial charge is 0.484 e. The van der Waals surface area contributed by atoms with Crippen LogP contribution in [0.1, 0.15) is 29.8 Å². The fourth-order valence-corrected chi connectivity index (χ4v) is 3.62. The van der Waals surface area contributed by atoms with Gasteiger partial charge in [-0.25, -0.2) is 13.1 Å². The number of carbonyl (C=O) groups is 2. The predicted molar refractivity (Wildman–Crippen MR) is 109 cm³/mol. The molecule has 0 aromatic heterocycles. The zero-order valence-corrected chi connectivity index (χ0v) is 17.7. The van der Waals surface area contributed by atoms with Crippen molar-refractivity contribution in [3.63, 3.8) is 0 Å². The van der Waals surface area contributed by atoms with Gasteiger partial charge in [-0.3, -0.25) is 20.4 Å². The summed E-state index contributed by atoms with van der Waals surface area (Å²) >= 11 is 5.92. The molecule has 3 N–H and O–H groups in total. The van der Waals surface area contributed by atoms with Gasteiger partial charge in [0.15, 0.2) is 6.61 Å². The number of nitrogens with one attached hydrogen (secondary N) is 3. The predicted octanol–water partition coefficient (Wildman–Crippen LogP) is 2.18. The molecule has 0 bridgehead atoms. The number of sulfonamides is 1. The first kappa shape index (κ1) is 22.7. The standard InChI is InChI=1S/C19H22ClN3O5S/c1-12(2)23-29(26,27)16-7-4-14(5-8-16)19(25)22-21-18(24)11-28-15-6-9-17(20)13(3)10-15/h4-10,12,23H,11H2,1-3H3,(H,21,24)(H,22,25). The van der Waals surface area contributed by atoms with E-state index in [0.717, 1.165) is 5.56 Å². The van der Waals surface area contributed by atoms with Crippen molar-refractivity contribution < 1.29 is 22.7 Å². The number of hydrazine groups is 1. The van der Waals surface area contributed by atoms with Crippen molar-refractivity contribution in [1.29, 1.82) is 0 Å². The maximum absolute atomic E-state index is 12.1. The lowest BCUT2D eigenvalue weighted by Crippen LogP contribution is -2.43. The molecule has 0 radical (unpaired) electrons. The van der Waals surface area contributed by atoms with Crippen molar-refractivity contribution in [2.45, 2.75) is 31.7 Å². The molecule has 8 nitrogen and oxygen atoms in total. The molecule has 0 aliphatic carbocycles. The first-order chi connectivity index (χ1) is 13.6. The van der Waals surface area contributed by atoms with E-state index >= 15 is 0 Å². The highest BCUT2D eigenvalue weighted by Gasteiger charge is 2.16. The van der Waals surface area contributed by atoms with Crippen LogP contribution in [0.15, 0.2) is 47.4 Å². The average Bonchev–Trinajstić information content (AvgIpc) is 2.66. The van der Waals surface area contributed by atoms with Crippen LogP contribution in [-0.2, 0) is 14.8 Å². The van der Waals surface area contributed by atoms with E-state index in [4.69, 9.17) is 16.3 Å². The van der Waals surface area contributed by atoms with Gasteiger partial charge in [0, 0.05) is 16.6 Å². The minimum absolute atomic E-state index is 0.0402. The van der Waals surface area contributed by atoms with Gasteiger partial charge in [-0.05, 0) is 68.8 Å². The van der Waals surface area contributed by atoms with Crippen molar-refractivity contribution in [2.75, 3.05) is 6.61 Å². The maximum Gasteiger partial charge on any atom is 0.276 e. The molecule has 2 aromatic rings. The van der Waals surface area contributed by atoms with Gasteiger partial charge >= 0.3 is 0 Å². The van der Waals surface area contributed by atoms with E-state index in [1.807, 2.05) is 6.92 Å². The zero-order valence-electron chi connectivity index (χ0n) is 16.2. The van der Waals surface area contributed by atoms with E-state index in [0.29, 0.717) is 10.8 Å². The van der Waals surface area contributed by atoms with Crippen LogP contribution in [0.3, 0.4) is 0 Å². The van der Waals surface area contributed by atoms with Crippen molar-refractivity contribution in [2.24, 2.45) is 0 Å². The highest BCUT2D eigenvalue weighted by Crippen LogP contribution is 2.20. The third-order valence-corrected chi connectivity index (χ3v) is 5.73. The lowest BCUT2D eigenvalue weighted by molar-refractivity contribution is -0.123. The van der Waals surface area contributed by atoms with E-state index in [9.17, 15) is 18.0 Å². The van der Waals surface area contributed by atoms with E-state index in [2.05, 4.69) is 15.6 Å². The summed E-state index contributed by atoms with van der Waals surface area (Å²) in [6, 6.07) is 10.1. The molecular weight excluding hydrogens is 418 g/mol. The number of benzene rings is 2. The smallest absolute Gasteiger partial charge is 0.276 e. The number of carbonyl (C=O) groups excluding carboxylic acids is 2. The number of amides is 2. The Morgan fingerprint density at radius 3 is 2.31 bits per heavy atom. The molecule has 29 heavy (non-hydrogen) atoms. The fourth-order valence-electron chi connectivity index (χ4n) is 2.25. The third kappa shape index (κ3) is 6.74. The summed E-state index contributed by atoms with van der Waals surface area (Å²) in [5.41, 5.74) is 5.46. The molecule has 2 amide bonds. The number of hydrogen-bond acceptors (Lipinski definition) is 5. The van der Waals surface area contributed by atoms with Gasteiger partial charge in [0.25, 0.3) is 11.8 Å². The van der Waals surface area contributed by atoms with Crippen LogP contribution in [0, 0.1) is 6.92 Å². The molecule has 156 valence electrons. The quantitative estimate of drug-likeness (QED) is 0.572. The van der Waals surface area contributed by atoms with Crippen LogP contribution < -0.4 is 20.3 Å². The second kappa shape index (κ2) is 9.73. The summed E-state index contributed by atoms with van der Waals surface area (Å²) in [6.45, 7) is 4.92. The van der Waals surface area contributed by atoms with Crippen LogP contribution in [0.4, 0.5) is 0 Å². The molecule has 0 atom stereocenters. The van der Waals surface area contributed by atoms with Gasteiger partial charge < -0.3 is 4.74 Å². The molecule has 0 unspecified atom stereocenters. The molecule has 0 heterocycles. The van der Waals surface area contributed by atoms with Crippen molar-refractivity contribution in [3.8, 4) is 5.75 Å². The van der Waals surface area contributed by atoms with E-state index in [1.165, 1.54) is 24.3 Å². The fraction of sp³-hybridized carbons (Fsp3) is 0.263. The molecular formula is C19H22ClN3O5S. The molecule has 2 rings (SSSR count). The van der Waals surface area contributed by atoms with Crippen LogP contribution in [-0.4, -0.2) is 32.9 Å². The Labute approximate surface area is 174 Å². The second-order valence-corrected chi connectivity index (χ2v) is 8.62. The Hall–Kier alpha value is -2.62. The molecule has 10 heteroatoms. The molecule has 0 saturated carbocycles. The van der Waals surface area contributed by atoms with Gasteiger partial charge in [0.05, 0.1) is 4.90 Å². The Balaban J connectivity index is 1.86. The van der Waals surface area contributed by atoms with Gasteiger partial charge in [0.2, 0.25) is 10.0 Å². The summed E-state index contributed by atoms with van der Waals surface area (Å²) in [7, 11) is -3.64. The zero-order chi connectivity index (χ0) is 21.6. The summed E-state index contributed by atoms with van der Waals surface area (Å²) in [5, 5.41) is 0.591. The minimum atomic E-state index is -3.64. The van der Waals surface area contributed by atoms with E-state index in [1.54, 1.807) is 32.0 Å². The third-order valence-electron chi connectivity index (χ3n) is 3.63. The molecule has 2 aromatic carbocycles. The van der Waals surface area contributed by atoms with Crippen LogP contribution in [0.2, 0.25) is 5.02 Å². The highest BCUT2D eigenvalue weighted by molar-refractivity contribution is 7.89. The van der Waals surface area contributed by atoms with E-state index in [-0.39, 0.29) is 23.1 Å². The first-order valence-electron chi connectivity index (χ1n) is 8.69. The number of halogens is 1. The Bertz CT molecular complexity index is 991. The SMILES string of the molecule is Cc1cc(OCC(=O)NNC(=O)c2ccc(S(=O)(=O)NC(C)C)cc2)ccc1Cl. The Morgan fingerprint density at radius 2 is 1.72 bits per heavy atom. The highest BCUT2D eigenvalue weighted by atomic mass is 35.5. The molecule has 0 aliphatic rings. The normalized spacial score (nSPS) is 11.2. The lowest BCUT2D eigenvalue weighted by Gasteiger charge is -2.11. The lowest BCUT2D eigenvalue weighted by atomic mass is 10.2. The summed E-state index contributed by atoms with van der Waals surface area (Å²) in [6.07, 6.45) is 0. The molecule has 0 saturated heterocycles. The second-order valence-electron chi connectivity index (χ2n) is 6.50. The van der Waals surface area contributed by atoms with Crippen molar-refractivity contribution in [3.05, 3.63) is 58.6 Å². The van der Waals surface area contributed by atoms with Crippen LogP contribution in [0.5, 0.6) is 5.75 Å². The monoisotopic (exact) mass is 439 g/mol. The van der Waals surface area contributed by atoms with Crippen molar-refractivity contribution in [1.82, 2.24) is 15.6 Å². The minimum Gasteiger partial charge on any atom is -0.484 e. The number of aryl methyl sites for hydroxylation is 1. The number of rotatable bonds is 7. The summed E-state index contributed by atoms with van der Waals surface area (Å²) in [5.74, 6) is -0.687. The number of hydrogen-bond donors (Lipinski definition) is 3. The molecule has 0 fully saturated rings. The average molecular weight is 440 g/mol. The Morgan fingerprint density at radius 1 is 1.07 bits per heavy atom. The number of ether oxygens (including phenoxy) is 1. The molecule has 0 spiro atoms. The van der Waals surface area contributed by atoms with Crippen LogP contribution in [0.25, 0.3) is 0 Å². The summed E-state index contributed by atoms with van der Waals surface area (Å²) in [4.78, 5) is 24.0.